The van der Waals surface area contributed by atoms with E-state index in [0.29, 0.717) is 37.4 Å². The van der Waals surface area contributed by atoms with Crippen molar-refractivity contribution in [3.63, 3.8) is 0 Å². The van der Waals surface area contributed by atoms with Gasteiger partial charge in [-0.15, -0.1) is 0 Å². The first-order valence-electron chi connectivity index (χ1n) is 10.5. The van der Waals surface area contributed by atoms with Gasteiger partial charge in [-0.1, -0.05) is 42.5 Å². The summed E-state index contributed by atoms with van der Waals surface area (Å²) in [6.07, 6.45) is 0.181. The maximum atomic E-state index is 12.6. The fourth-order valence-corrected chi connectivity index (χ4v) is 3.58. The highest BCUT2D eigenvalue weighted by Crippen LogP contribution is 2.21. The van der Waals surface area contributed by atoms with E-state index in [0.717, 1.165) is 11.1 Å². The van der Waals surface area contributed by atoms with Gasteiger partial charge in [0, 0.05) is 25.2 Å². The Kier molecular flexibility index (Phi) is 6.63. The predicted octanol–water partition coefficient (Wildman–Crippen LogP) is 1.77. The Labute approximate surface area is 185 Å². The van der Waals surface area contributed by atoms with Crippen LogP contribution in [0.15, 0.2) is 65.3 Å². The maximum absolute atomic E-state index is 12.6. The summed E-state index contributed by atoms with van der Waals surface area (Å²) in [4.78, 5) is 30.4. The van der Waals surface area contributed by atoms with Crippen LogP contribution in [0.25, 0.3) is 11.5 Å². The molecule has 0 saturated carbocycles. The maximum Gasteiger partial charge on any atom is 0.275 e. The second kappa shape index (κ2) is 9.76. The van der Waals surface area contributed by atoms with Crippen LogP contribution in [-0.4, -0.2) is 57.2 Å². The van der Waals surface area contributed by atoms with Crippen LogP contribution in [0.2, 0.25) is 0 Å². The van der Waals surface area contributed by atoms with Crippen molar-refractivity contribution >= 4 is 11.8 Å². The molecule has 0 radical (unpaired) electrons. The first kappa shape index (κ1) is 21.7. The SMILES string of the molecule is O=C(Cc1ccccc1)NCc1ccc(-c2nc(C(=O)N3CC[C@H](O)[C@H](O)C3)co2)cc1. The van der Waals surface area contributed by atoms with Gasteiger partial charge in [0.15, 0.2) is 5.69 Å². The molecule has 3 aromatic rings. The van der Waals surface area contributed by atoms with Crippen LogP contribution in [0.5, 0.6) is 0 Å². The molecule has 4 rings (SSSR count). The number of β-amino-alcohol motifs (C(OH)–C–C–N with tert-alkyl or cyclic N) is 1. The van der Waals surface area contributed by atoms with Gasteiger partial charge in [-0.2, -0.15) is 0 Å². The van der Waals surface area contributed by atoms with Crippen molar-refractivity contribution in [2.75, 3.05) is 13.1 Å². The summed E-state index contributed by atoms with van der Waals surface area (Å²) in [5, 5.41) is 22.3. The van der Waals surface area contributed by atoms with Gasteiger partial charge in [0.25, 0.3) is 5.91 Å². The van der Waals surface area contributed by atoms with E-state index in [-0.39, 0.29) is 24.1 Å². The first-order valence-corrected chi connectivity index (χ1v) is 10.5. The lowest BCUT2D eigenvalue weighted by atomic mass is 10.0. The van der Waals surface area contributed by atoms with Crippen LogP contribution < -0.4 is 5.32 Å². The van der Waals surface area contributed by atoms with E-state index >= 15 is 0 Å². The third kappa shape index (κ3) is 5.22. The number of oxazole rings is 1. The Balaban J connectivity index is 1.33. The fourth-order valence-electron chi connectivity index (χ4n) is 3.58. The lowest BCUT2D eigenvalue weighted by molar-refractivity contribution is -0.120. The zero-order chi connectivity index (χ0) is 22.5. The zero-order valence-corrected chi connectivity index (χ0v) is 17.5. The molecule has 0 unspecified atom stereocenters. The number of amides is 2. The molecular weight excluding hydrogens is 410 g/mol. The van der Waals surface area contributed by atoms with Crippen molar-refractivity contribution < 1.29 is 24.2 Å². The van der Waals surface area contributed by atoms with E-state index in [1.165, 1.54) is 11.2 Å². The summed E-state index contributed by atoms with van der Waals surface area (Å²) in [6, 6.07) is 16.9. The molecule has 1 aliphatic heterocycles. The Bertz CT molecular complexity index is 1060. The van der Waals surface area contributed by atoms with Gasteiger partial charge < -0.3 is 24.8 Å². The van der Waals surface area contributed by atoms with E-state index in [1.807, 2.05) is 54.6 Å². The molecular formula is C24H25N3O5. The van der Waals surface area contributed by atoms with E-state index in [2.05, 4.69) is 10.3 Å². The lowest BCUT2D eigenvalue weighted by Crippen LogP contribution is -2.49. The monoisotopic (exact) mass is 435 g/mol. The van der Waals surface area contributed by atoms with Crippen LogP contribution in [-0.2, 0) is 17.8 Å². The number of carbonyl (C=O) groups is 2. The third-order valence-corrected chi connectivity index (χ3v) is 5.45. The van der Waals surface area contributed by atoms with E-state index < -0.39 is 12.2 Å². The summed E-state index contributed by atoms with van der Waals surface area (Å²) in [5.41, 5.74) is 2.75. The van der Waals surface area contributed by atoms with Crippen molar-refractivity contribution in [3.8, 4) is 11.5 Å². The Morgan fingerprint density at radius 3 is 2.50 bits per heavy atom. The highest BCUT2D eigenvalue weighted by Gasteiger charge is 2.30. The van der Waals surface area contributed by atoms with E-state index in [9.17, 15) is 19.8 Å². The summed E-state index contributed by atoms with van der Waals surface area (Å²) >= 11 is 0. The van der Waals surface area contributed by atoms with Gasteiger partial charge in [-0.3, -0.25) is 9.59 Å². The molecule has 1 aromatic heterocycles. The molecule has 0 bridgehead atoms. The average molecular weight is 435 g/mol. The van der Waals surface area contributed by atoms with Crippen LogP contribution in [0.4, 0.5) is 0 Å². The molecule has 2 amide bonds. The molecule has 8 nitrogen and oxygen atoms in total. The van der Waals surface area contributed by atoms with Crippen molar-refractivity contribution in [1.29, 1.82) is 0 Å². The van der Waals surface area contributed by atoms with Crippen LogP contribution in [0, 0.1) is 0 Å². The number of aliphatic hydroxyl groups is 2. The Morgan fingerprint density at radius 2 is 1.78 bits per heavy atom. The molecule has 0 spiro atoms. The standard InChI is InChI=1S/C24H25N3O5/c28-20-10-11-27(14-21(20)29)24(31)19-15-32-23(26-19)18-8-6-17(7-9-18)13-25-22(30)12-16-4-2-1-3-5-16/h1-9,15,20-21,28-29H,10-14H2,(H,25,30)/t20-,21+/m0/s1. The van der Waals surface area contributed by atoms with Gasteiger partial charge in [-0.05, 0) is 29.7 Å². The average Bonchev–Trinajstić information content (AvgIpc) is 3.30. The molecule has 0 aliphatic carbocycles. The number of piperidine rings is 1. The van der Waals surface area contributed by atoms with Crippen LogP contribution >= 0.6 is 0 Å². The molecule has 166 valence electrons. The Hall–Kier alpha value is -3.49. The fraction of sp³-hybridized carbons (Fsp3) is 0.292. The molecule has 2 aromatic carbocycles. The van der Waals surface area contributed by atoms with Crippen molar-refractivity contribution in [1.82, 2.24) is 15.2 Å². The molecule has 1 aliphatic rings. The summed E-state index contributed by atoms with van der Waals surface area (Å²) in [5.74, 6) is -0.0826. The number of carbonyl (C=O) groups excluding carboxylic acids is 2. The number of benzene rings is 2. The zero-order valence-electron chi connectivity index (χ0n) is 17.5. The third-order valence-electron chi connectivity index (χ3n) is 5.45. The topological polar surface area (TPSA) is 116 Å². The smallest absolute Gasteiger partial charge is 0.275 e. The summed E-state index contributed by atoms with van der Waals surface area (Å²) in [6.45, 7) is 0.821. The lowest BCUT2D eigenvalue weighted by Gasteiger charge is -2.32. The second-order valence-electron chi connectivity index (χ2n) is 7.85. The van der Waals surface area contributed by atoms with Crippen molar-refractivity contribution in [2.24, 2.45) is 0 Å². The molecule has 8 heteroatoms. The number of aromatic nitrogens is 1. The van der Waals surface area contributed by atoms with E-state index in [4.69, 9.17) is 4.42 Å². The van der Waals surface area contributed by atoms with Crippen LogP contribution in [0.1, 0.15) is 28.0 Å². The second-order valence-corrected chi connectivity index (χ2v) is 7.85. The normalized spacial score (nSPS) is 18.4. The molecule has 1 saturated heterocycles. The molecule has 2 heterocycles. The highest BCUT2D eigenvalue weighted by molar-refractivity contribution is 5.92. The number of aliphatic hydroxyl groups excluding tert-OH is 2. The molecule has 1 fully saturated rings. The summed E-state index contributed by atoms with van der Waals surface area (Å²) < 4.78 is 5.47. The van der Waals surface area contributed by atoms with Crippen molar-refractivity contribution in [2.45, 2.75) is 31.6 Å². The minimum Gasteiger partial charge on any atom is -0.444 e. The number of rotatable bonds is 6. The highest BCUT2D eigenvalue weighted by atomic mass is 16.3. The minimum atomic E-state index is -0.959. The van der Waals surface area contributed by atoms with E-state index in [1.54, 1.807) is 0 Å². The predicted molar refractivity (Wildman–Crippen MR) is 116 cm³/mol. The Morgan fingerprint density at radius 1 is 1.03 bits per heavy atom. The van der Waals surface area contributed by atoms with Crippen LogP contribution in [0.3, 0.4) is 0 Å². The van der Waals surface area contributed by atoms with Crippen molar-refractivity contribution in [3.05, 3.63) is 77.7 Å². The van der Waals surface area contributed by atoms with Gasteiger partial charge in [0.1, 0.15) is 6.26 Å². The molecule has 32 heavy (non-hydrogen) atoms. The van der Waals surface area contributed by atoms with Gasteiger partial charge in [-0.25, -0.2) is 4.98 Å². The largest absolute Gasteiger partial charge is 0.444 e. The number of likely N-dealkylation sites (tertiary alicyclic amines) is 1. The molecule has 3 N–H and O–H groups in total. The van der Waals surface area contributed by atoms with Gasteiger partial charge in [0.05, 0.1) is 18.6 Å². The summed E-state index contributed by atoms with van der Waals surface area (Å²) in [7, 11) is 0. The number of hydrogen-bond donors (Lipinski definition) is 3. The number of nitrogens with one attached hydrogen (secondary N) is 1. The quantitative estimate of drug-likeness (QED) is 0.544. The molecule has 2 atom stereocenters. The number of hydrogen-bond acceptors (Lipinski definition) is 6. The first-order chi connectivity index (χ1) is 15.5. The van der Waals surface area contributed by atoms with Gasteiger partial charge in [0.2, 0.25) is 11.8 Å². The number of nitrogens with zero attached hydrogens (tertiary/aromatic N) is 2. The van der Waals surface area contributed by atoms with Gasteiger partial charge >= 0.3 is 0 Å². The minimum absolute atomic E-state index is 0.0496.